The van der Waals surface area contributed by atoms with E-state index in [4.69, 9.17) is 11.6 Å². The van der Waals surface area contributed by atoms with E-state index in [-0.39, 0.29) is 22.5 Å². The highest BCUT2D eigenvalue weighted by Crippen LogP contribution is 2.22. The maximum Gasteiger partial charge on any atom is 0.275 e. The van der Waals surface area contributed by atoms with Crippen LogP contribution in [0.5, 0.6) is 0 Å². The molecule has 0 unspecified atom stereocenters. The summed E-state index contributed by atoms with van der Waals surface area (Å²) in [6.45, 7) is 1.48. The summed E-state index contributed by atoms with van der Waals surface area (Å²) in [6.07, 6.45) is 1.74. The fourth-order valence-corrected chi connectivity index (χ4v) is 2.99. The Morgan fingerprint density at radius 1 is 1.38 bits per heavy atom. The summed E-state index contributed by atoms with van der Waals surface area (Å²) in [4.78, 5) is 28.5. The van der Waals surface area contributed by atoms with Crippen LogP contribution in [0.25, 0.3) is 4.96 Å². The van der Waals surface area contributed by atoms with E-state index < -0.39 is 0 Å². The molecule has 0 radical (unpaired) electrons. The monoisotopic (exact) mass is 319 g/mol. The zero-order valence-electron chi connectivity index (χ0n) is 11.0. The number of halogens is 1. The minimum absolute atomic E-state index is 0.0614. The number of benzene rings is 1. The number of amides is 1. The molecule has 5 nitrogen and oxygen atoms in total. The van der Waals surface area contributed by atoms with Crippen LogP contribution in [0.1, 0.15) is 27.8 Å². The van der Waals surface area contributed by atoms with Gasteiger partial charge in [-0.3, -0.25) is 14.0 Å². The van der Waals surface area contributed by atoms with Crippen molar-refractivity contribution in [1.29, 1.82) is 0 Å². The normalized spacial score (nSPS) is 10.8. The number of hydrogen-bond donors (Lipinski definition) is 1. The Hall–Kier alpha value is -2.18. The number of hydrogen-bond acceptors (Lipinski definition) is 4. The number of carbonyl (C=O) groups is 2. The Bertz CT molecular complexity index is 853. The number of ketones is 1. The number of imidazole rings is 1. The van der Waals surface area contributed by atoms with Gasteiger partial charge >= 0.3 is 0 Å². The summed E-state index contributed by atoms with van der Waals surface area (Å²) < 4.78 is 1.64. The van der Waals surface area contributed by atoms with Crippen LogP contribution < -0.4 is 5.32 Å². The molecule has 21 heavy (non-hydrogen) atoms. The molecular formula is C14H10ClN3O2S. The van der Waals surface area contributed by atoms with E-state index in [1.165, 1.54) is 18.3 Å². The van der Waals surface area contributed by atoms with E-state index in [9.17, 15) is 9.59 Å². The molecule has 0 saturated heterocycles. The third-order valence-electron chi connectivity index (χ3n) is 2.96. The summed E-state index contributed by atoms with van der Waals surface area (Å²) >= 11 is 7.41. The lowest BCUT2D eigenvalue weighted by molar-refractivity contribution is 0.100. The Kier molecular flexibility index (Phi) is 3.48. The first-order chi connectivity index (χ1) is 10.1. The van der Waals surface area contributed by atoms with Crippen LogP contribution in [-0.4, -0.2) is 21.1 Å². The van der Waals surface area contributed by atoms with Gasteiger partial charge in [0.25, 0.3) is 5.91 Å². The molecule has 0 aliphatic heterocycles. The minimum atomic E-state index is -0.369. The van der Waals surface area contributed by atoms with Gasteiger partial charge in [0.05, 0.1) is 0 Å². The van der Waals surface area contributed by atoms with Crippen LogP contribution in [0.4, 0.5) is 5.69 Å². The molecule has 0 spiro atoms. The summed E-state index contributed by atoms with van der Waals surface area (Å²) in [5.41, 5.74) is 1.35. The Morgan fingerprint density at radius 2 is 2.19 bits per heavy atom. The topological polar surface area (TPSA) is 63.5 Å². The van der Waals surface area contributed by atoms with Crippen molar-refractivity contribution in [3.05, 3.63) is 52.3 Å². The van der Waals surface area contributed by atoms with Gasteiger partial charge in [0.2, 0.25) is 0 Å². The van der Waals surface area contributed by atoms with Crippen molar-refractivity contribution < 1.29 is 9.59 Å². The van der Waals surface area contributed by atoms with Gasteiger partial charge in [-0.05, 0) is 19.1 Å². The molecule has 3 rings (SSSR count). The van der Waals surface area contributed by atoms with Gasteiger partial charge in [-0.2, -0.15) is 0 Å². The molecule has 7 heteroatoms. The van der Waals surface area contributed by atoms with Gasteiger partial charge in [-0.15, -0.1) is 11.3 Å². The van der Waals surface area contributed by atoms with Crippen molar-refractivity contribution in [2.24, 2.45) is 0 Å². The highest BCUT2D eigenvalue weighted by molar-refractivity contribution is 7.15. The summed E-state index contributed by atoms with van der Waals surface area (Å²) in [5.74, 6) is -0.430. The van der Waals surface area contributed by atoms with E-state index in [1.54, 1.807) is 34.9 Å². The fraction of sp³-hybridized carbons (Fsp3) is 0.0714. The summed E-state index contributed by atoms with van der Waals surface area (Å²) in [7, 11) is 0. The lowest BCUT2D eigenvalue weighted by atomic mass is 10.1. The SMILES string of the molecule is CC(=O)c1cccc(NC(=O)c2c(Cl)nc3sccn23)c1. The maximum absolute atomic E-state index is 12.4. The van der Waals surface area contributed by atoms with Crippen LogP contribution in [0, 0.1) is 0 Å². The zero-order chi connectivity index (χ0) is 15.0. The lowest BCUT2D eigenvalue weighted by Gasteiger charge is -2.06. The van der Waals surface area contributed by atoms with Gasteiger partial charge in [-0.25, -0.2) is 4.98 Å². The second kappa shape index (κ2) is 5.31. The first-order valence-electron chi connectivity index (χ1n) is 6.09. The largest absolute Gasteiger partial charge is 0.321 e. The number of Topliss-reactive ketones (excluding diaryl/α,β-unsaturated/α-hetero) is 1. The molecule has 0 fully saturated rings. The van der Waals surface area contributed by atoms with Crippen LogP contribution in [-0.2, 0) is 0 Å². The molecule has 106 valence electrons. The third-order valence-corrected chi connectivity index (χ3v) is 3.98. The van der Waals surface area contributed by atoms with Crippen LogP contribution in [0.2, 0.25) is 5.15 Å². The highest BCUT2D eigenvalue weighted by atomic mass is 35.5. The average molecular weight is 320 g/mol. The third kappa shape index (κ3) is 2.55. The fourth-order valence-electron chi connectivity index (χ4n) is 1.97. The molecule has 2 heterocycles. The molecule has 0 aliphatic rings. The first kappa shape index (κ1) is 13.8. The standard InChI is InChI=1S/C14H10ClN3O2S/c1-8(19)9-3-2-4-10(7-9)16-13(20)11-12(15)17-14-18(11)5-6-21-14/h2-7H,1H3,(H,16,20). The molecule has 0 atom stereocenters. The van der Waals surface area contributed by atoms with Crippen molar-refractivity contribution in [2.75, 3.05) is 5.32 Å². The quantitative estimate of drug-likeness (QED) is 0.751. The molecule has 1 amide bonds. The second-order valence-electron chi connectivity index (χ2n) is 4.40. The van der Waals surface area contributed by atoms with E-state index in [2.05, 4.69) is 10.3 Å². The highest BCUT2D eigenvalue weighted by Gasteiger charge is 2.19. The molecule has 0 saturated carbocycles. The first-order valence-corrected chi connectivity index (χ1v) is 7.35. The molecule has 1 N–H and O–H groups in total. The number of anilines is 1. The van der Waals surface area contributed by atoms with Gasteiger partial charge in [-0.1, -0.05) is 23.7 Å². The van der Waals surface area contributed by atoms with Gasteiger partial charge < -0.3 is 5.32 Å². The van der Waals surface area contributed by atoms with E-state index in [0.29, 0.717) is 16.2 Å². The molecule has 2 aromatic heterocycles. The Balaban J connectivity index is 1.93. The minimum Gasteiger partial charge on any atom is -0.321 e. The molecule has 3 aromatic rings. The van der Waals surface area contributed by atoms with Crippen LogP contribution in [0.15, 0.2) is 35.8 Å². The van der Waals surface area contributed by atoms with Crippen molar-refractivity contribution in [1.82, 2.24) is 9.38 Å². The maximum atomic E-state index is 12.4. The summed E-state index contributed by atoms with van der Waals surface area (Å²) in [6, 6.07) is 6.75. The molecule has 0 aliphatic carbocycles. The van der Waals surface area contributed by atoms with E-state index >= 15 is 0 Å². The average Bonchev–Trinajstić information content (AvgIpc) is 2.98. The number of fused-ring (bicyclic) bond motifs is 1. The van der Waals surface area contributed by atoms with Gasteiger partial charge in [0, 0.05) is 22.8 Å². The summed E-state index contributed by atoms with van der Waals surface area (Å²) in [5, 5.41) is 4.71. The smallest absolute Gasteiger partial charge is 0.275 e. The van der Waals surface area contributed by atoms with Crippen molar-refractivity contribution in [3.8, 4) is 0 Å². The predicted octanol–water partition coefficient (Wildman–Crippen LogP) is 3.50. The van der Waals surface area contributed by atoms with E-state index in [1.807, 2.05) is 5.38 Å². The number of rotatable bonds is 3. The molecular weight excluding hydrogens is 310 g/mol. The van der Waals surface area contributed by atoms with Crippen LogP contribution >= 0.6 is 22.9 Å². The second-order valence-corrected chi connectivity index (χ2v) is 5.63. The van der Waals surface area contributed by atoms with Gasteiger partial charge in [0.1, 0.15) is 0 Å². The number of carbonyl (C=O) groups excluding carboxylic acids is 2. The van der Waals surface area contributed by atoms with Crippen LogP contribution in [0.3, 0.4) is 0 Å². The predicted molar refractivity (Wildman–Crippen MR) is 82.5 cm³/mol. The Labute approximate surface area is 129 Å². The number of thiazole rings is 1. The van der Waals surface area contributed by atoms with Crippen molar-refractivity contribution in [2.45, 2.75) is 6.92 Å². The molecule has 0 bridgehead atoms. The lowest BCUT2D eigenvalue weighted by Crippen LogP contribution is -2.14. The van der Waals surface area contributed by atoms with Crippen molar-refractivity contribution >= 4 is 45.3 Å². The molecule has 1 aromatic carbocycles. The van der Waals surface area contributed by atoms with Crippen molar-refractivity contribution in [3.63, 3.8) is 0 Å². The van der Waals surface area contributed by atoms with E-state index in [0.717, 1.165) is 0 Å². The number of nitrogens with zero attached hydrogens (tertiary/aromatic N) is 2. The number of aromatic nitrogens is 2. The number of nitrogens with one attached hydrogen (secondary N) is 1. The zero-order valence-corrected chi connectivity index (χ0v) is 12.5. The Morgan fingerprint density at radius 3 is 2.95 bits per heavy atom. The van der Waals surface area contributed by atoms with Gasteiger partial charge in [0.15, 0.2) is 21.6 Å².